The van der Waals surface area contributed by atoms with Gasteiger partial charge < -0.3 is 0 Å². The molecule has 0 aliphatic carbocycles. The van der Waals surface area contributed by atoms with E-state index in [1.54, 1.807) is 6.20 Å². The number of aryl methyl sites for hydroxylation is 1. The first-order chi connectivity index (χ1) is 11.7. The van der Waals surface area contributed by atoms with Crippen LogP contribution in [0, 0.1) is 12.8 Å². The van der Waals surface area contributed by atoms with Crippen molar-refractivity contribution < 1.29 is 4.79 Å². The number of carbonyl (C=O) groups is 1. The molecule has 0 amide bonds. The highest BCUT2D eigenvalue weighted by Gasteiger charge is 2.43. The molecule has 124 valence electrons. The summed E-state index contributed by atoms with van der Waals surface area (Å²) in [7, 11) is 0. The summed E-state index contributed by atoms with van der Waals surface area (Å²) in [6, 6.07) is 15.7. The Bertz CT molecular complexity index is 714. The normalized spacial score (nSPS) is 26.5. The largest absolute Gasteiger partial charge is 0.293 e. The quantitative estimate of drug-likeness (QED) is 0.798. The van der Waals surface area contributed by atoms with E-state index in [2.05, 4.69) is 40.2 Å². The molecule has 2 fully saturated rings. The molecule has 1 aromatic carbocycles. The maximum absolute atomic E-state index is 12.9. The Labute approximate surface area is 143 Å². The van der Waals surface area contributed by atoms with E-state index in [0.29, 0.717) is 17.8 Å². The number of Topliss-reactive ketones (excluding diaryl/α,β-unsaturated/α-hetero) is 1. The molecule has 0 N–H and O–H groups in total. The van der Waals surface area contributed by atoms with Crippen LogP contribution in [0.25, 0.3) is 0 Å². The Hall–Kier alpha value is -2.00. The topological polar surface area (TPSA) is 33.2 Å². The minimum atomic E-state index is 0.142. The lowest BCUT2D eigenvalue weighted by Crippen LogP contribution is -2.44. The van der Waals surface area contributed by atoms with Crippen molar-refractivity contribution in [3.8, 4) is 0 Å². The molecular formula is C21H24N2O. The van der Waals surface area contributed by atoms with Gasteiger partial charge in [-0.05, 0) is 49.8 Å². The summed E-state index contributed by atoms with van der Waals surface area (Å²) in [5, 5.41) is 0. The van der Waals surface area contributed by atoms with Crippen LogP contribution in [0.5, 0.6) is 0 Å². The van der Waals surface area contributed by atoms with Crippen molar-refractivity contribution in [2.75, 3.05) is 0 Å². The lowest BCUT2D eigenvalue weighted by Gasteiger charge is -2.38. The molecule has 2 bridgehead atoms. The van der Waals surface area contributed by atoms with E-state index in [4.69, 9.17) is 0 Å². The first-order valence-corrected chi connectivity index (χ1v) is 8.98. The Morgan fingerprint density at radius 1 is 1.08 bits per heavy atom. The first kappa shape index (κ1) is 15.5. The molecular weight excluding hydrogens is 296 g/mol. The summed E-state index contributed by atoms with van der Waals surface area (Å²) in [4.78, 5) is 19.9. The number of aromatic nitrogens is 1. The molecule has 24 heavy (non-hydrogen) atoms. The number of nitrogens with zero attached hydrogens (tertiary/aromatic N) is 2. The van der Waals surface area contributed by atoms with Gasteiger partial charge in [0.05, 0.1) is 0 Å². The van der Waals surface area contributed by atoms with Crippen molar-refractivity contribution in [1.29, 1.82) is 0 Å². The summed E-state index contributed by atoms with van der Waals surface area (Å²) in [5.41, 5.74) is 3.06. The van der Waals surface area contributed by atoms with Crippen molar-refractivity contribution in [3.05, 3.63) is 65.5 Å². The zero-order valence-electron chi connectivity index (χ0n) is 14.2. The minimum Gasteiger partial charge on any atom is -0.293 e. The second kappa shape index (κ2) is 6.48. The fourth-order valence-corrected chi connectivity index (χ4v) is 4.48. The highest BCUT2D eigenvalue weighted by Crippen LogP contribution is 2.40. The maximum Gasteiger partial charge on any atom is 0.184 e. The fourth-order valence-electron chi connectivity index (χ4n) is 4.48. The highest BCUT2D eigenvalue weighted by molar-refractivity contribution is 5.97. The SMILES string of the molecule is Cc1cccnc1C(=O)C1CC2CCC(C1)N2Cc1ccccc1. The van der Waals surface area contributed by atoms with E-state index in [-0.39, 0.29) is 11.7 Å². The fraction of sp³-hybridized carbons (Fsp3) is 0.429. The lowest BCUT2D eigenvalue weighted by atomic mass is 9.85. The smallest absolute Gasteiger partial charge is 0.184 e. The van der Waals surface area contributed by atoms with Gasteiger partial charge in [-0.15, -0.1) is 0 Å². The van der Waals surface area contributed by atoms with Gasteiger partial charge in [0.25, 0.3) is 0 Å². The number of carbonyl (C=O) groups excluding carboxylic acids is 1. The Kier molecular flexibility index (Phi) is 4.19. The third-order valence-electron chi connectivity index (χ3n) is 5.71. The molecule has 2 saturated heterocycles. The van der Waals surface area contributed by atoms with Crippen LogP contribution in [0.15, 0.2) is 48.7 Å². The second-order valence-corrected chi connectivity index (χ2v) is 7.24. The summed E-state index contributed by atoms with van der Waals surface area (Å²) >= 11 is 0. The van der Waals surface area contributed by atoms with Gasteiger partial charge in [-0.1, -0.05) is 36.4 Å². The molecule has 2 aromatic rings. The zero-order chi connectivity index (χ0) is 16.5. The average Bonchev–Trinajstić information content (AvgIpc) is 2.83. The van der Waals surface area contributed by atoms with Crippen LogP contribution in [-0.2, 0) is 6.54 Å². The van der Waals surface area contributed by atoms with Crippen molar-refractivity contribution in [2.45, 2.75) is 51.2 Å². The summed E-state index contributed by atoms with van der Waals surface area (Å²) in [6.07, 6.45) is 6.15. The number of ketones is 1. The minimum absolute atomic E-state index is 0.142. The van der Waals surface area contributed by atoms with Gasteiger partial charge >= 0.3 is 0 Å². The monoisotopic (exact) mass is 320 g/mol. The van der Waals surface area contributed by atoms with E-state index in [1.807, 2.05) is 19.1 Å². The first-order valence-electron chi connectivity index (χ1n) is 8.98. The Morgan fingerprint density at radius 3 is 2.46 bits per heavy atom. The molecule has 2 atom stereocenters. The van der Waals surface area contributed by atoms with Crippen LogP contribution < -0.4 is 0 Å². The predicted molar refractivity (Wildman–Crippen MR) is 94.8 cm³/mol. The third-order valence-corrected chi connectivity index (χ3v) is 5.71. The summed E-state index contributed by atoms with van der Waals surface area (Å²) < 4.78 is 0. The van der Waals surface area contributed by atoms with Crippen molar-refractivity contribution in [1.82, 2.24) is 9.88 Å². The molecule has 0 radical (unpaired) electrons. The van der Waals surface area contributed by atoms with Crippen LogP contribution >= 0.6 is 0 Å². The molecule has 2 unspecified atom stereocenters. The molecule has 0 saturated carbocycles. The highest BCUT2D eigenvalue weighted by atomic mass is 16.1. The van der Waals surface area contributed by atoms with E-state index >= 15 is 0 Å². The molecule has 4 rings (SSSR count). The van der Waals surface area contributed by atoms with Crippen LogP contribution in [0.1, 0.15) is 47.3 Å². The predicted octanol–water partition coefficient (Wildman–Crippen LogP) is 4.02. The number of fused-ring (bicyclic) bond motifs is 2. The van der Waals surface area contributed by atoms with E-state index in [9.17, 15) is 4.79 Å². The van der Waals surface area contributed by atoms with Crippen LogP contribution in [0.4, 0.5) is 0 Å². The van der Waals surface area contributed by atoms with Gasteiger partial charge in [-0.3, -0.25) is 14.7 Å². The van der Waals surface area contributed by atoms with Crippen LogP contribution in [0.2, 0.25) is 0 Å². The molecule has 2 aliphatic rings. The number of piperidine rings is 1. The van der Waals surface area contributed by atoms with Gasteiger partial charge in [-0.2, -0.15) is 0 Å². The molecule has 1 aromatic heterocycles. The van der Waals surface area contributed by atoms with Crippen molar-refractivity contribution in [3.63, 3.8) is 0 Å². The number of benzene rings is 1. The molecule has 2 aliphatic heterocycles. The van der Waals surface area contributed by atoms with Gasteiger partial charge in [0, 0.05) is 30.7 Å². The number of rotatable bonds is 4. The number of pyridine rings is 1. The third kappa shape index (κ3) is 2.89. The number of hydrogen-bond donors (Lipinski definition) is 0. The van der Waals surface area contributed by atoms with Gasteiger partial charge in [0.15, 0.2) is 5.78 Å². The molecule has 3 heteroatoms. The second-order valence-electron chi connectivity index (χ2n) is 7.24. The van der Waals surface area contributed by atoms with Crippen LogP contribution in [0.3, 0.4) is 0 Å². The molecule has 3 heterocycles. The van der Waals surface area contributed by atoms with E-state index < -0.39 is 0 Å². The summed E-state index contributed by atoms with van der Waals surface area (Å²) in [6.45, 7) is 3.00. The lowest BCUT2D eigenvalue weighted by molar-refractivity contribution is 0.0673. The zero-order valence-corrected chi connectivity index (χ0v) is 14.2. The summed E-state index contributed by atoms with van der Waals surface area (Å²) in [5.74, 6) is 0.396. The molecule has 3 nitrogen and oxygen atoms in total. The van der Waals surface area contributed by atoms with Gasteiger partial charge in [0.1, 0.15) is 5.69 Å². The standard InChI is InChI=1S/C21H24N2O/c1-15-6-5-11-22-20(15)21(24)17-12-18-9-10-19(13-17)23(18)14-16-7-3-2-4-8-16/h2-8,11,17-19H,9-10,12-14H2,1H3. The van der Waals surface area contributed by atoms with Gasteiger partial charge in [0.2, 0.25) is 0 Å². The average molecular weight is 320 g/mol. The van der Waals surface area contributed by atoms with Crippen molar-refractivity contribution >= 4 is 5.78 Å². The van der Waals surface area contributed by atoms with E-state index in [1.165, 1.54) is 18.4 Å². The maximum atomic E-state index is 12.9. The van der Waals surface area contributed by atoms with Gasteiger partial charge in [-0.25, -0.2) is 0 Å². The van der Waals surface area contributed by atoms with Crippen LogP contribution in [-0.4, -0.2) is 27.8 Å². The number of hydrogen-bond acceptors (Lipinski definition) is 3. The van der Waals surface area contributed by atoms with E-state index in [0.717, 1.165) is 24.9 Å². The molecule has 0 spiro atoms. The van der Waals surface area contributed by atoms with Crippen molar-refractivity contribution in [2.24, 2.45) is 5.92 Å². The Morgan fingerprint density at radius 2 is 1.79 bits per heavy atom. The Balaban J connectivity index is 1.48.